The third kappa shape index (κ3) is 3.00. The van der Waals surface area contributed by atoms with Gasteiger partial charge in [-0.3, -0.25) is 0 Å². The average molecular weight is 258 g/mol. The van der Waals surface area contributed by atoms with Gasteiger partial charge in [0, 0.05) is 0 Å². The van der Waals surface area contributed by atoms with E-state index in [-0.39, 0.29) is 0 Å². The second-order valence-corrected chi connectivity index (χ2v) is 5.69. The molecule has 0 atom stereocenters. The summed E-state index contributed by atoms with van der Waals surface area (Å²) in [7, 11) is 0.976. The highest BCUT2D eigenvalue weighted by molar-refractivity contribution is 7.96. The van der Waals surface area contributed by atoms with Crippen LogP contribution in [-0.4, -0.2) is 0 Å². The number of aryl methyl sites for hydroxylation is 2. The molecule has 86 valence electrons. The molecule has 0 aromatic heterocycles. The van der Waals surface area contributed by atoms with E-state index in [2.05, 4.69) is 62.4 Å². The van der Waals surface area contributed by atoms with E-state index in [4.69, 9.17) is 11.8 Å². The maximum absolute atomic E-state index is 5.28. The predicted molar refractivity (Wildman–Crippen MR) is 78.5 cm³/mol. The molecule has 0 nitrogen and oxygen atoms in total. The van der Waals surface area contributed by atoms with Crippen LogP contribution in [-0.2, 0) is 11.8 Å². The van der Waals surface area contributed by atoms with Crippen molar-refractivity contribution < 1.29 is 0 Å². The van der Waals surface area contributed by atoms with Crippen LogP contribution in [0.5, 0.6) is 0 Å². The maximum Gasteiger partial charge on any atom is 0.0612 e. The van der Waals surface area contributed by atoms with Crippen LogP contribution in [0.25, 0.3) is 0 Å². The Morgan fingerprint density at radius 2 is 1.12 bits per heavy atom. The lowest BCUT2D eigenvalue weighted by molar-refractivity contribution is 1.15. The molecule has 0 saturated carbocycles. The fourth-order valence-corrected chi connectivity index (χ4v) is 3.13. The summed E-state index contributed by atoms with van der Waals surface area (Å²) in [6.07, 6.45) is 0. The van der Waals surface area contributed by atoms with Gasteiger partial charge in [-0.05, 0) is 32.3 Å². The van der Waals surface area contributed by atoms with Gasteiger partial charge in [0.1, 0.15) is 0 Å². The van der Waals surface area contributed by atoms with Gasteiger partial charge in [-0.1, -0.05) is 71.5 Å². The molecule has 2 heteroatoms. The Labute approximate surface area is 110 Å². The number of benzene rings is 2. The van der Waals surface area contributed by atoms with Crippen molar-refractivity contribution >= 4 is 19.2 Å². The number of rotatable bonds is 3. The summed E-state index contributed by atoms with van der Waals surface area (Å²) in [6, 6.07) is 17.3. The zero-order valence-corrected chi connectivity index (χ0v) is 11.8. The third-order valence-corrected chi connectivity index (χ3v) is 4.33. The van der Waals surface area contributed by atoms with Crippen LogP contribution in [0.15, 0.2) is 48.5 Å². The standard InChI is InChI=1S/C15H15PS/c1-11-3-7-13(8-4-11)15(16-17)14-9-5-12(2)6-10-14/h3-10,15H,1-2H3. The lowest BCUT2D eigenvalue weighted by atomic mass is 10.0. The summed E-state index contributed by atoms with van der Waals surface area (Å²) in [5.41, 5.74) is 5.49. The van der Waals surface area contributed by atoms with Gasteiger partial charge >= 0.3 is 0 Å². The second-order valence-electron chi connectivity index (χ2n) is 4.33. The van der Waals surface area contributed by atoms with Crippen molar-refractivity contribution in [1.29, 1.82) is 0 Å². The lowest BCUT2D eigenvalue weighted by Gasteiger charge is -2.12. The Hall–Kier alpha value is -1.04. The molecule has 2 aromatic rings. The largest absolute Gasteiger partial charge is 0.0612 e. The van der Waals surface area contributed by atoms with Crippen molar-refractivity contribution in [3.05, 3.63) is 70.8 Å². The molecule has 0 aliphatic carbocycles. The van der Waals surface area contributed by atoms with Gasteiger partial charge in [0.2, 0.25) is 0 Å². The molecule has 0 radical (unpaired) electrons. The predicted octanol–water partition coefficient (Wildman–Crippen LogP) is 4.80. The summed E-state index contributed by atoms with van der Waals surface area (Å²) in [5.74, 6) is 0. The van der Waals surface area contributed by atoms with Crippen LogP contribution in [0.2, 0.25) is 0 Å². The molecular formula is C15H15PS. The molecule has 2 rings (SSSR count). The molecular weight excluding hydrogens is 243 g/mol. The first-order chi connectivity index (χ1) is 8.20. The summed E-state index contributed by atoms with van der Waals surface area (Å²) in [4.78, 5) is 0. The fraction of sp³-hybridized carbons (Fsp3) is 0.200. The van der Waals surface area contributed by atoms with Crippen LogP contribution >= 0.6 is 7.36 Å². The fourth-order valence-electron chi connectivity index (χ4n) is 1.81. The van der Waals surface area contributed by atoms with Crippen molar-refractivity contribution in [2.24, 2.45) is 0 Å². The molecule has 0 bridgehead atoms. The van der Waals surface area contributed by atoms with Crippen LogP contribution in [0, 0.1) is 13.8 Å². The first-order valence-electron chi connectivity index (χ1n) is 5.66. The zero-order chi connectivity index (χ0) is 12.3. The monoisotopic (exact) mass is 258 g/mol. The van der Waals surface area contributed by atoms with Gasteiger partial charge in [-0.2, -0.15) is 0 Å². The van der Waals surface area contributed by atoms with Crippen molar-refractivity contribution in [1.82, 2.24) is 0 Å². The molecule has 0 unspecified atom stereocenters. The Morgan fingerprint density at radius 1 is 0.765 bits per heavy atom. The highest BCUT2D eigenvalue weighted by Crippen LogP contribution is 2.34. The van der Waals surface area contributed by atoms with Gasteiger partial charge in [-0.25, -0.2) is 0 Å². The molecule has 0 amide bonds. The van der Waals surface area contributed by atoms with Gasteiger partial charge in [0.25, 0.3) is 0 Å². The maximum atomic E-state index is 5.28. The second kappa shape index (κ2) is 5.53. The molecule has 0 aliphatic heterocycles. The van der Waals surface area contributed by atoms with Gasteiger partial charge in [-0.15, -0.1) is 0 Å². The van der Waals surface area contributed by atoms with Crippen LogP contribution < -0.4 is 0 Å². The minimum atomic E-state index is 0.311. The summed E-state index contributed by atoms with van der Waals surface area (Å²) < 4.78 is 0. The smallest absolute Gasteiger partial charge is 0.0590 e. The summed E-state index contributed by atoms with van der Waals surface area (Å²) in [5, 5.41) is 0. The molecule has 2 aromatic carbocycles. The highest BCUT2D eigenvalue weighted by atomic mass is 32.4. The first kappa shape index (κ1) is 12.4. The van der Waals surface area contributed by atoms with Crippen molar-refractivity contribution in [3.63, 3.8) is 0 Å². The van der Waals surface area contributed by atoms with Crippen molar-refractivity contribution in [2.75, 3.05) is 0 Å². The number of hydrogen-bond donors (Lipinski definition) is 0. The first-order valence-corrected chi connectivity index (χ1v) is 7.64. The van der Waals surface area contributed by atoms with E-state index in [1.807, 2.05) is 0 Å². The van der Waals surface area contributed by atoms with E-state index in [1.165, 1.54) is 22.3 Å². The summed E-state index contributed by atoms with van der Waals surface area (Å²) in [6.45, 7) is 4.21. The molecule has 0 heterocycles. The zero-order valence-electron chi connectivity index (χ0n) is 10.1. The minimum Gasteiger partial charge on any atom is -0.0590 e. The van der Waals surface area contributed by atoms with E-state index < -0.39 is 0 Å². The van der Waals surface area contributed by atoms with E-state index in [0.717, 1.165) is 7.36 Å². The molecule has 17 heavy (non-hydrogen) atoms. The van der Waals surface area contributed by atoms with Crippen molar-refractivity contribution in [3.8, 4) is 0 Å². The lowest BCUT2D eigenvalue weighted by Crippen LogP contribution is -1.93. The Bertz CT molecular complexity index is 454. The van der Waals surface area contributed by atoms with E-state index in [1.54, 1.807) is 0 Å². The van der Waals surface area contributed by atoms with Crippen molar-refractivity contribution in [2.45, 2.75) is 19.5 Å². The molecule has 0 aliphatic rings. The van der Waals surface area contributed by atoms with Crippen LogP contribution in [0.4, 0.5) is 0 Å². The van der Waals surface area contributed by atoms with Gasteiger partial charge in [0.15, 0.2) is 0 Å². The third-order valence-electron chi connectivity index (χ3n) is 2.89. The Morgan fingerprint density at radius 3 is 1.41 bits per heavy atom. The highest BCUT2D eigenvalue weighted by Gasteiger charge is 2.11. The molecule has 0 N–H and O–H groups in total. The topological polar surface area (TPSA) is 0 Å². The van der Waals surface area contributed by atoms with Gasteiger partial charge < -0.3 is 0 Å². The van der Waals surface area contributed by atoms with E-state index in [9.17, 15) is 0 Å². The van der Waals surface area contributed by atoms with E-state index >= 15 is 0 Å². The molecule has 0 fully saturated rings. The molecule has 0 spiro atoms. The average Bonchev–Trinajstić information content (AvgIpc) is 2.35. The number of hydrogen-bond acceptors (Lipinski definition) is 1. The van der Waals surface area contributed by atoms with E-state index in [0.29, 0.717) is 5.66 Å². The Balaban J connectivity index is 2.36. The normalized spacial score (nSPS) is 11.0. The SMILES string of the molecule is Cc1ccc(C(P=S)c2ccc(C)cc2)cc1. The summed E-state index contributed by atoms with van der Waals surface area (Å²) >= 11 is 5.28. The van der Waals surface area contributed by atoms with Crippen LogP contribution in [0.3, 0.4) is 0 Å². The molecule has 0 saturated heterocycles. The van der Waals surface area contributed by atoms with Gasteiger partial charge in [0.05, 0.1) is 5.66 Å². The van der Waals surface area contributed by atoms with Crippen LogP contribution in [0.1, 0.15) is 27.9 Å². The quantitative estimate of drug-likeness (QED) is 0.712. The Kier molecular flexibility index (Phi) is 4.04. The minimum absolute atomic E-state index is 0.311.